The molecule has 4 aromatic rings. The van der Waals surface area contributed by atoms with E-state index in [1.165, 1.54) is 24.2 Å². The molecule has 0 aliphatic rings. The molecule has 0 bridgehead atoms. The summed E-state index contributed by atoms with van der Waals surface area (Å²) in [7, 11) is 0. The lowest BCUT2D eigenvalue weighted by atomic mass is 9.87. The lowest BCUT2D eigenvalue weighted by Crippen LogP contribution is -2.37. The van der Waals surface area contributed by atoms with Crippen LogP contribution in [0.5, 0.6) is 5.75 Å². The molecule has 0 fully saturated rings. The standard InChI is InChI=1S/C31H33N5O3S/c1-20-7-15-26(16-8-20)36-29(24-9-13-25(14-10-24)31(4,5)6)34-35-30(36)40-19-28(38)33-32-21(2)23-11-17-27(18-12-23)39-22(3)37/h7-18,32H,2,19H2,1,3-6H3,(H,33,38). The summed E-state index contributed by atoms with van der Waals surface area (Å²) < 4.78 is 7.02. The summed E-state index contributed by atoms with van der Waals surface area (Å²) in [5.74, 6) is 0.608. The Hall–Kier alpha value is -4.37. The summed E-state index contributed by atoms with van der Waals surface area (Å²) in [5.41, 5.74) is 11.0. The van der Waals surface area contributed by atoms with Gasteiger partial charge < -0.3 is 4.74 Å². The van der Waals surface area contributed by atoms with E-state index in [0.29, 0.717) is 22.4 Å². The SMILES string of the molecule is C=C(NNC(=O)CSc1nnc(-c2ccc(C(C)(C)C)cc2)n1-c1ccc(C)cc1)c1ccc(OC(C)=O)cc1. The monoisotopic (exact) mass is 555 g/mol. The van der Waals surface area contributed by atoms with Gasteiger partial charge in [-0.05, 0) is 59.9 Å². The number of nitrogens with one attached hydrogen (secondary N) is 2. The number of thioether (sulfide) groups is 1. The number of aryl methyl sites for hydroxylation is 1. The van der Waals surface area contributed by atoms with Crippen molar-refractivity contribution >= 4 is 29.3 Å². The smallest absolute Gasteiger partial charge is 0.308 e. The van der Waals surface area contributed by atoms with E-state index in [4.69, 9.17) is 4.74 Å². The number of hydrazine groups is 1. The first kappa shape index (κ1) is 28.6. The Morgan fingerprint density at radius 1 is 0.925 bits per heavy atom. The third-order valence-corrected chi connectivity index (χ3v) is 7.01. The van der Waals surface area contributed by atoms with Crippen molar-refractivity contribution in [1.82, 2.24) is 25.6 Å². The van der Waals surface area contributed by atoms with E-state index in [1.54, 1.807) is 24.3 Å². The summed E-state index contributed by atoms with van der Waals surface area (Å²) in [4.78, 5) is 23.8. The second-order valence-electron chi connectivity index (χ2n) is 10.4. The summed E-state index contributed by atoms with van der Waals surface area (Å²) in [6, 6.07) is 23.3. The number of hydrogen-bond donors (Lipinski definition) is 2. The molecule has 0 radical (unpaired) electrons. The highest BCUT2D eigenvalue weighted by molar-refractivity contribution is 7.99. The van der Waals surface area contributed by atoms with Crippen molar-refractivity contribution in [2.24, 2.45) is 0 Å². The predicted molar refractivity (Wildman–Crippen MR) is 159 cm³/mol. The first-order valence-corrected chi connectivity index (χ1v) is 13.8. The van der Waals surface area contributed by atoms with Crippen LogP contribution >= 0.6 is 11.8 Å². The molecule has 4 rings (SSSR count). The zero-order valence-electron chi connectivity index (χ0n) is 23.3. The van der Waals surface area contributed by atoms with Crippen LogP contribution in [-0.2, 0) is 15.0 Å². The zero-order valence-corrected chi connectivity index (χ0v) is 24.1. The predicted octanol–water partition coefficient (Wildman–Crippen LogP) is 5.85. The van der Waals surface area contributed by atoms with E-state index in [9.17, 15) is 9.59 Å². The average molecular weight is 556 g/mol. The van der Waals surface area contributed by atoms with E-state index in [-0.39, 0.29) is 17.1 Å². The fraction of sp³-hybridized carbons (Fsp3) is 0.226. The first-order valence-electron chi connectivity index (χ1n) is 12.8. The van der Waals surface area contributed by atoms with Crippen molar-refractivity contribution in [1.29, 1.82) is 0 Å². The molecule has 0 unspecified atom stereocenters. The van der Waals surface area contributed by atoms with Gasteiger partial charge in [-0.15, -0.1) is 10.2 Å². The molecule has 0 aliphatic carbocycles. The second kappa shape index (κ2) is 12.2. The molecule has 3 aromatic carbocycles. The number of nitrogens with zero attached hydrogens (tertiary/aromatic N) is 3. The van der Waals surface area contributed by atoms with Crippen LogP contribution in [0.25, 0.3) is 22.8 Å². The number of benzene rings is 3. The molecule has 0 saturated carbocycles. The van der Waals surface area contributed by atoms with Gasteiger partial charge in [0.2, 0.25) is 5.91 Å². The van der Waals surface area contributed by atoms with Crippen LogP contribution < -0.4 is 15.6 Å². The Morgan fingerprint density at radius 2 is 1.57 bits per heavy atom. The Kier molecular flexibility index (Phi) is 8.74. The van der Waals surface area contributed by atoms with Crippen LogP contribution in [0.15, 0.2) is 84.5 Å². The molecule has 0 atom stereocenters. The second-order valence-corrected chi connectivity index (χ2v) is 11.3. The minimum Gasteiger partial charge on any atom is -0.427 e. The third-order valence-electron chi connectivity index (χ3n) is 6.08. The first-order chi connectivity index (χ1) is 19.0. The molecule has 0 saturated heterocycles. The summed E-state index contributed by atoms with van der Waals surface area (Å²) >= 11 is 1.29. The quantitative estimate of drug-likeness (QED) is 0.116. The molecular weight excluding hydrogens is 522 g/mol. The van der Waals surface area contributed by atoms with Crippen molar-refractivity contribution in [2.75, 3.05) is 5.75 Å². The maximum absolute atomic E-state index is 12.7. The van der Waals surface area contributed by atoms with E-state index in [0.717, 1.165) is 22.4 Å². The number of esters is 1. The average Bonchev–Trinajstić information content (AvgIpc) is 3.34. The molecule has 1 heterocycles. The van der Waals surface area contributed by atoms with E-state index in [1.807, 2.05) is 35.8 Å². The van der Waals surface area contributed by atoms with Gasteiger partial charge in [0.1, 0.15) is 5.75 Å². The largest absolute Gasteiger partial charge is 0.427 e. The highest BCUT2D eigenvalue weighted by Crippen LogP contribution is 2.30. The normalized spacial score (nSPS) is 11.1. The summed E-state index contributed by atoms with van der Waals surface area (Å²) in [5, 5.41) is 9.53. The number of carbonyl (C=O) groups is 2. The maximum Gasteiger partial charge on any atom is 0.308 e. The van der Waals surface area contributed by atoms with Crippen LogP contribution in [0, 0.1) is 6.92 Å². The molecule has 206 valence electrons. The van der Waals surface area contributed by atoms with Crippen molar-refractivity contribution in [3.63, 3.8) is 0 Å². The highest BCUT2D eigenvalue weighted by atomic mass is 32.2. The molecule has 1 amide bonds. The number of amides is 1. The lowest BCUT2D eigenvalue weighted by Gasteiger charge is -2.19. The van der Waals surface area contributed by atoms with Gasteiger partial charge >= 0.3 is 5.97 Å². The molecule has 0 aliphatic heterocycles. The fourth-order valence-electron chi connectivity index (χ4n) is 3.87. The Bertz CT molecular complexity index is 1500. The van der Waals surface area contributed by atoms with Gasteiger partial charge in [0.05, 0.1) is 11.4 Å². The van der Waals surface area contributed by atoms with Gasteiger partial charge in [0.15, 0.2) is 11.0 Å². The molecule has 1 aromatic heterocycles. The topological polar surface area (TPSA) is 98.1 Å². The molecule has 2 N–H and O–H groups in total. The van der Waals surface area contributed by atoms with Gasteiger partial charge in [-0.1, -0.05) is 81.1 Å². The van der Waals surface area contributed by atoms with E-state index < -0.39 is 5.97 Å². The minimum atomic E-state index is -0.391. The van der Waals surface area contributed by atoms with Crippen LogP contribution in [0.1, 0.15) is 44.4 Å². The highest BCUT2D eigenvalue weighted by Gasteiger charge is 2.19. The molecular formula is C31H33N5O3S. The van der Waals surface area contributed by atoms with Gasteiger partial charge in [0.25, 0.3) is 0 Å². The Morgan fingerprint density at radius 3 is 2.17 bits per heavy atom. The molecule has 9 heteroatoms. The summed E-state index contributed by atoms with van der Waals surface area (Å²) in [6.45, 7) is 13.9. The zero-order chi connectivity index (χ0) is 28.9. The van der Waals surface area contributed by atoms with Gasteiger partial charge in [-0.25, -0.2) is 0 Å². The van der Waals surface area contributed by atoms with E-state index in [2.05, 4.69) is 72.7 Å². The van der Waals surface area contributed by atoms with Gasteiger partial charge in [-0.2, -0.15) is 0 Å². The van der Waals surface area contributed by atoms with Crippen molar-refractivity contribution in [3.8, 4) is 22.8 Å². The third kappa shape index (κ3) is 7.18. The van der Waals surface area contributed by atoms with Crippen LogP contribution in [-0.4, -0.2) is 32.4 Å². The lowest BCUT2D eigenvalue weighted by molar-refractivity contribution is -0.131. The van der Waals surface area contributed by atoms with Gasteiger partial charge in [0, 0.05) is 18.2 Å². The number of rotatable bonds is 9. The number of aromatic nitrogens is 3. The summed E-state index contributed by atoms with van der Waals surface area (Å²) in [6.07, 6.45) is 0. The molecule has 8 nitrogen and oxygen atoms in total. The van der Waals surface area contributed by atoms with E-state index >= 15 is 0 Å². The van der Waals surface area contributed by atoms with Crippen LogP contribution in [0.3, 0.4) is 0 Å². The number of hydrogen-bond acceptors (Lipinski definition) is 7. The molecule has 40 heavy (non-hydrogen) atoms. The minimum absolute atomic E-state index is 0.0459. The molecule has 0 spiro atoms. The number of ether oxygens (including phenoxy) is 1. The number of carbonyl (C=O) groups excluding carboxylic acids is 2. The van der Waals surface area contributed by atoms with Crippen molar-refractivity contribution in [2.45, 2.75) is 45.2 Å². The van der Waals surface area contributed by atoms with Crippen molar-refractivity contribution in [3.05, 3.63) is 96.1 Å². The maximum atomic E-state index is 12.7. The Labute approximate surface area is 238 Å². The van der Waals surface area contributed by atoms with Crippen LogP contribution in [0.4, 0.5) is 0 Å². The van der Waals surface area contributed by atoms with Crippen molar-refractivity contribution < 1.29 is 14.3 Å². The van der Waals surface area contributed by atoms with Crippen LogP contribution in [0.2, 0.25) is 0 Å². The fourth-order valence-corrected chi connectivity index (χ4v) is 4.62. The Balaban J connectivity index is 1.46. The van der Waals surface area contributed by atoms with Gasteiger partial charge in [-0.3, -0.25) is 25.0 Å².